The van der Waals surface area contributed by atoms with Crippen LogP contribution in [0.15, 0.2) is 24.3 Å². The van der Waals surface area contributed by atoms with Crippen LogP contribution in [0.2, 0.25) is 0 Å². The molecule has 1 aromatic heterocycles. The summed E-state index contributed by atoms with van der Waals surface area (Å²) < 4.78 is 0. The third kappa shape index (κ3) is 1.96. The number of benzene rings is 1. The number of hydrogen-bond acceptors (Lipinski definition) is 2. The minimum atomic E-state index is -0.0721. The maximum atomic E-state index is 10.1. The van der Waals surface area contributed by atoms with E-state index in [9.17, 15) is 5.11 Å². The first-order valence-corrected chi connectivity index (χ1v) is 9.18. The second-order valence-corrected chi connectivity index (χ2v) is 8.19. The molecule has 2 fully saturated rings. The lowest BCUT2D eigenvalue weighted by atomic mass is 9.66. The molecule has 3 heteroatoms. The Kier molecular flexibility index (Phi) is 2.96. The van der Waals surface area contributed by atoms with Crippen LogP contribution in [0.25, 0.3) is 10.9 Å². The Morgan fingerprint density at radius 3 is 3.00 bits per heavy atom. The van der Waals surface area contributed by atoms with Crippen molar-refractivity contribution in [3.05, 3.63) is 35.5 Å². The lowest BCUT2D eigenvalue weighted by molar-refractivity contribution is -0.0544. The zero-order valence-corrected chi connectivity index (χ0v) is 13.9. The first-order valence-electron chi connectivity index (χ1n) is 9.18. The summed E-state index contributed by atoms with van der Waals surface area (Å²) in [6.45, 7) is 4.82. The zero-order chi connectivity index (χ0) is 15.6. The van der Waals surface area contributed by atoms with E-state index >= 15 is 0 Å². The van der Waals surface area contributed by atoms with Gasteiger partial charge in [-0.25, -0.2) is 0 Å². The SMILES string of the molecule is CC12C[C@@H]3C[C@H](O)CC[C@H]3CN1CCc1c2[nH]c2ccccc12. The Morgan fingerprint density at radius 1 is 1.22 bits per heavy atom. The molecule has 1 aromatic carbocycles. The molecule has 0 amide bonds. The van der Waals surface area contributed by atoms with E-state index in [1.54, 1.807) is 0 Å². The molecule has 2 aromatic rings. The van der Waals surface area contributed by atoms with Gasteiger partial charge in [0.1, 0.15) is 0 Å². The number of aliphatic hydroxyl groups is 1. The summed E-state index contributed by atoms with van der Waals surface area (Å²) in [6, 6.07) is 8.75. The average Bonchev–Trinajstić information content (AvgIpc) is 2.93. The number of aliphatic hydroxyl groups excluding tert-OH is 1. The molecule has 2 N–H and O–H groups in total. The van der Waals surface area contributed by atoms with E-state index in [1.807, 2.05) is 0 Å². The number of aromatic amines is 1. The number of para-hydroxylation sites is 1. The predicted octanol–water partition coefficient (Wildman–Crippen LogP) is 3.42. The fraction of sp³-hybridized carbons (Fsp3) is 0.600. The summed E-state index contributed by atoms with van der Waals surface area (Å²) in [6.07, 6.45) is 5.49. The molecule has 5 rings (SSSR count). The number of nitrogens with zero attached hydrogens (tertiary/aromatic N) is 1. The summed E-state index contributed by atoms with van der Waals surface area (Å²) in [5.41, 5.74) is 4.38. The van der Waals surface area contributed by atoms with Gasteiger partial charge >= 0.3 is 0 Å². The van der Waals surface area contributed by atoms with Crippen molar-refractivity contribution >= 4 is 10.9 Å². The van der Waals surface area contributed by atoms with Gasteiger partial charge in [-0.15, -0.1) is 0 Å². The van der Waals surface area contributed by atoms with Crippen molar-refractivity contribution in [2.75, 3.05) is 13.1 Å². The monoisotopic (exact) mass is 310 g/mol. The molecule has 1 aliphatic carbocycles. The molecule has 122 valence electrons. The number of rotatable bonds is 0. The van der Waals surface area contributed by atoms with E-state index < -0.39 is 0 Å². The second kappa shape index (κ2) is 4.84. The van der Waals surface area contributed by atoms with Gasteiger partial charge in [0.2, 0.25) is 0 Å². The molecule has 0 spiro atoms. The number of nitrogens with one attached hydrogen (secondary N) is 1. The first kappa shape index (κ1) is 14.1. The molecule has 0 radical (unpaired) electrons. The minimum absolute atomic E-state index is 0.0721. The third-order valence-corrected chi connectivity index (χ3v) is 6.91. The fourth-order valence-corrected chi connectivity index (χ4v) is 5.68. The van der Waals surface area contributed by atoms with Gasteiger partial charge < -0.3 is 10.1 Å². The van der Waals surface area contributed by atoms with Crippen LogP contribution >= 0.6 is 0 Å². The summed E-state index contributed by atoms with van der Waals surface area (Å²) in [7, 11) is 0. The average molecular weight is 310 g/mol. The summed E-state index contributed by atoms with van der Waals surface area (Å²) in [5.74, 6) is 1.47. The molecule has 3 nitrogen and oxygen atoms in total. The maximum absolute atomic E-state index is 10.1. The largest absolute Gasteiger partial charge is 0.393 e. The van der Waals surface area contributed by atoms with E-state index in [4.69, 9.17) is 0 Å². The lowest BCUT2D eigenvalue weighted by Gasteiger charge is -2.54. The third-order valence-electron chi connectivity index (χ3n) is 6.91. The highest BCUT2D eigenvalue weighted by atomic mass is 16.3. The number of aromatic nitrogens is 1. The normalized spacial score (nSPS) is 37.2. The van der Waals surface area contributed by atoms with Crippen molar-refractivity contribution < 1.29 is 5.11 Å². The van der Waals surface area contributed by atoms with Gasteiger partial charge in [-0.3, -0.25) is 4.90 Å². The molecule has 0 bridgehead atoms. The van der Waals surface area contributed by atoms with Gasteiger partial charge in [-0.2, -0.15) is 0 Å². The topological polar surface area (TPSA) is 39.3 Å². The Balaban J connectivity index is 1.59. The quantitative estimate of drug-likeness (QED) is 0.782. The van der Waals surface area contributed by atoms with Crippen LogP contribution in [0.1, 0.15) is 43.9 Å². The summed E-state index contributed by atoms with van der Waals surface area (Å²) >= 11 is 0. The molecule has 3 aliphatic rings. The standard InChI is InChI=1S/C20H26N2O/c1-20-11-14-10-15(23)7-6-13(14)12-22(20)9-8-17-16-4-2-3-5-18(16)21-19(17)20/h2-5,13-15,21,23H,6-12H2,1H3/t13-,14-,15+,20?/m0/s1. The Bertz CT molecular complexity index is 751. The van der Waals surface area contributed by atoms with Crippen LogP contribution in [0.3, 0.4) is 0 Å². The number of hydrogen-bond donors (Lipinski definition) is 2. The van der Waals surface area contributed by atoms with Gasteiger partial charge in [0.05, 0.1) is 11.6 Å². The van der Waals surface area contributed by atoms with E-state index in [-0.39, 0.29) is 11.6 Å². The molecule has 1 saturated carbocycles. The number of H-pyrrole nitrogens is 1. The van der Waals surface area contributed by atoms with Crippen LogP contribution in [-0.4, -0.2) is 34.2 Å². The fourth-order valence-electron chi connectivity index (χ4n) is 5.68. The Morgan fingerprint density at radius 2 is 2.09 bits per heavy atom. The van der Waals surface area contributed by atoms with Crippen molar-refractivity contribution in [1.29, 1.82) is 0 Å². The van der Waals surface area contributed by atoms with E-state index in [0.717, 1.165) is 25.2 Å². The van der Waals surface area contributed by atoms with Gasteiger partial charge in [0.25, 0.3) is 0 Å². The molecule has 1 unspecified atom stereocenters. The molecular weight excluding hydrogens is 284 g/mol. The van der Waals surface area contributed by atoms with E-state index in [1.165, 1.54) is 48.1 Å². The van der Waals surface area contributed by atoms with Crippen molar-refractivity contribution in [2.24, 2.45) is 11.8 Å². The molecule has 1 saturated heterocycles. The molecule has 2 aliphatic heterocycles. The predicted molar refractivity (Wildman–Crippen MR) is 92.4 cm³/mol. The highest BCUT2D eigenvalue weighted by Gasteiger charge is 2.49. The van der Waals surface area contributed by atoms with Crippen LogP contribution < -0.4 is 0 Å². The maximum Gasteiger partial charge on any atom is 0.0589 e. The number of fused-ring (bicyclic) bond motifs is 6. The Hall–Kier alpha value is -1.32. The minimum Gasteiger partial charge on any atom is -0.393 e. The Labute approximate surface area is 137 Å². The molecular formula is C20H26N2O. The lowest BCUT2D eigenvalue weighted by Crippen LogP contribution is -2.57. The number of piperidine rings is 1. The van der Waals surface area contributed by atoms with Crippen LogP contribution in [0, 0.1) is 11.8 Å². The zero-order valence-electron chi connectivity index (χ0n) is 13.9. The van der Waals surface area contributed by atoms with E-state index in [0.29, 0.717) is 5.92 Å². The van der Waals surface area contributed by atoms with E-state index in [2.05, 4.69) is 41.1 Å². The van der Waals surface area contributed by atoms with Crippen molar-refractivity contribution in [3.8, 4) is 0 Å². The van der Waals surface area contributed by atoms with Gasteiger partial charge in [-0.05, 0) is 62.5 Å². The summed E-state index contributed by atoms with van der Waals surface area (Å²) in [5, 5.41) is 11.5. The van der Waals surface area contributed by atoms with Gasteiger partial charge in [0, 0.05) is 29.7 Å². The smallest absolute Gasteiger partial charge is 0.0589 e. The van der Waals surface area contributed by atoms with Crippen LogP contribution in [0.4, 0.5) is 0 Å². The van der Waals surface area contributed by atoms with Gasteiger partial charge in [0.15, 0.2) is 0 Å². The van der Waals surface area contributed by atoms with Crippen molar-refractivity contribution in [2.45, 2.75) is 50.7 Å². The second-order valence-electron chi connectivity index (χ2n) is 8.19. The highest BCUT2D eigenvalue weighted by molar-refractivity contribution is 5.85. The molecule has 3 heterocycles. The van der Waals surface area contributed by atoms with Crippen molar-refractivity contribution in [1.82, 2.24) is 9.88 Å². The molecule has 23 heavy (non-hydrogen) atoms. The molecule has 4 atom stereocenters. The summed E-state index contributed by atoms with van der Waals surface area (Å²) in [4.78, 5) is 6.48. The van der Waals surface area contributed by atoms with Gasteiger partial charge in [-0.1, -0.05) is 18.2 Å². The first-order chi connectivity index (χ1) is 11.1. The highest BCUT2D eigenvalue weighted by Crippen LogP contribution is 2.50. The van der Waals surface area contributed by atoms with Crippen molar-refractivity contribution in [3.63, 3.8) is 0 Å². The van der Waals surface area contributed by atoms with Crippen LogP contribution in [0.5, 0.6) is 0 Å². The van der Waals surface area contributed by atoms with Crippen LogP contribution in [-0.2, 0) is 12.0 Å².